The van der Waals surface area contributed by atoms with Crippen LogP contribution >= 0.6 is 0 Å². The van der Waals surface area contributed by atoms with Crippen molar-refractivity contribution in [2.75, 3.05) is 0 Å². The molecule has 0 unspecified atom stereocenters. The van der Waals surface area contributed by atoms with Crippen molar-refractivity contribution < 1.29 is 0 Å². The van der Waals surface area contributed by atoms with Crippen molar-refractivity contribution in [1.29, 1.82) is 0 Å². The molecule has 0 saturated carbocycles. The monoisotopic (exact) mass is 462 g/mol. The molecule has 33 heavy (non-hydrogen) atoms. The van der Waals surface area contributed by atoms with E-state index in [0.717, 1.165) is 0 Å². The smallest absolute Gasteiger partial charge is 0.0579 e. The molecule has 0 bridgehead atoms. The van der Waals surface area contributed by atoms with Crippen molar-refractivity contribution >= 4 is 16.1 Å². The highest BCUT2D eigenvalue weighted by Gasteiger charge is 2.59. The molecule has 0 N–H and O–H groups in total. The van der Waals surface area contributed by atoms with Gasteiger partial charge in [-0.2, -0.15) is 0 Å². The van der Waals surface area contributed by atoms with Gasteiger partial charge in [-0.15, -0.1) is 0 Å². The molecule has 1 aliphatic carbocycles. The normalized spacial score (nSPS) is 14.6. The zero-order chi connectivity index (χ0) is 23.4. The van der Waals surface area contributed by atoms with E-state index in [2.05, 4.69) is 136 Å². The SMILES string of the molecule is C[Si](C)(C)C1([Si](C)(C)C)c2cc(-c3ccccc3)ccc2-c2ccc(-c3ccccc3)cc21. The largest absolute Gasteiger partial charge is 0.0688 e. The van der Waals surface area contributed by atoms with Crippen LogP contribution < -0.4 is 0 Å². The fraction of sp³-hybridized carbons (Fsp3) is 0.226. The number of rotatable bonds is 4. The molecule has 0 spiro atoms. The van der Waals surface area contributed by atoms with E-state index in [-0.39, 0.29) is 4.66 Å². The molecule has 0 aromatic heterocycles. The van der Waals surface area contributed by atoms with Crippen LogP contribution in [0.1, 0.15) is 11.1 Å². The maximum atomic E-state index is 2.59. The van der Waals surface area contributed by atoms with Gasteiger partial charge in [-0.05, 0) is 44.5 Å². The first-order valence-electron chi connectivity index (χ1n) is 12.0. The van der Waals surface area contributed by atoms with Crippen molar-refractivity contribution in [1.82, 2.24) is 0 Å². The summed E-state index contributed by atoms with van der Waals surface area (Å²) < 4.78 is 0.153. The third-order valence-corrected chi connectivity index (χ3v) is 17.7. The van der Waals surface area contributed by atoms with Gasteiger partial charge in [0.2, 0.25) is 0 Å². The van der Waals surface area contributed by atoms with Crippen LogP contribution in [-0.4, -0.2) is 16.1 Å². The lowest BCUT2D eigenvalue weighted by Crippen LogP contribution is -2.63. The average Bonchev–Trinajstić information content (AvgIpc) is 3.10. The maximum Gasteiger partial charge on any atom is 0.0579 e. The van der Waals surface area contributed by atoms with E-state index in [1.54, 1.807) is 11.1 Å². The molecule has 0 heterocycles. The summed E-state index contributed by atoms with van der Waals surface area (Å²) in [5.41, 5.74) is 11.4. The number of hydrogen-bond acceptors (Lipinski definition) is 0. The second-order valence-corrected chi connectivity index (χ2v) is 22.5. The summed E-state index contributed by atoms with van der Waals surface area (Å²) in [4.78, 5) is 0. The Hall–Kier alpha value is -2.69. The van der Waals surface area contributed by atoms with Gasteiger partial charge in [0.05, 0.1) is 16.1 Å². The van der Waals surface area contributed by atoms with Gasteiger partial charge in [0, 0.05) is 4.66 Å². The van der Waals surface area contributed by atoms with Crippen LogP contribution in [0.3, 0.4) is 0 Å². The minimum Gasteiger partial charge on any atom is -0.0688 e. The average molecular weight is 463 g/mol. The van der Waals surface area contributed by atoms with E-state index in [0.29, 0.717) is 0 Å². The van der Waals surface area contributed by atoms with Gasteiger partial charge in [0.25, 0.3) is 0 Å². The van der Waals surface area contributed by atoms with Crippen molar-refractivity contribution in [3.05, 3.63) is 108 Å². The predicted molar refractivity (Wildman–Crippen MR) is 150 cm³/mol. The fourth-order valence-electron chi connectivity index (χ4n) is 6.69. The zero-order valence-electron chi connectivity index (χ0n) is 20.7. The van der Waals surface area contributed by atoms with Crippen LogP contribution in [0.5, 0.6) is 0 Å². The first-order chi connectivity index (χ1) is 15.6. The quantitative estimate of drug-likeness (QED) is 0.265. The highest BCUT2D eigenvalue weighted by molar-refractivity contribution is 6.99. The highest BCUT2D eigenvalue weighted by atomic mass is 28.4. The molecular weight excluding hydrogens is 429 g/mol. The first-order valence-corrected chi connectivity index (χ1v) is 19.0. The Kier molecular flexibility index (Phi) is 5.15. The van der Waals surface area contributed by atoms with E-state index < -0.39 is 16.1 Å². The number of fused-ring (bicyclic) bond motifs is 3. The van der Waals surface area contributed by atoms with Crippen LogP contribution in [0, 0.1) is 0 Å². The minimum atomic E-state index is -1.70. The summed E-state index contributed by atoms with van der Waals surface area (Å²) in [6, 6.07) is 36.3. The van der Waals surface area contributed by atoms with E-state index in [4.69, 9.17) is 0 Å². The maximum absolute atomic E-state index is 2.59. The van der Waals surface area contributed by atoms with Gasteiger partial charge >= 0.3 is 0 Å². The summed E-state index contributed by atoms with van der Waals surface area (Å²) in [7, 11) is -3.40. The summed E-state index contributed by atoms with van der Waals surface area (Å²) in [5.74, 6) is 0. The summed E-state index contributed by atoms with van der Waals surface area (Å²) >= 11 is 0. The summed E-state index contributed by atoms with van der Waals surface area (Å²) in [6.07, 6.45) is 0. The van der Waals surface area contributed by atoms with E-state index in [1.807, 2.05) is 0 Å². The molecule has 4 aromatic carbocycles. The molecule has 4 aromatic rings. The summed E-state index contributed by atoms with van der Waals surface area (Å²) in [6.45, 7) is 15.6. The Morgan fingerprint density at radius 3 is 1.12 bits per heavy atom. The molecule has 0 amide bonds. The first kappa shape index (κ1) is 22.1. The van der Waals surface area contributed by atoms with Gasteiger partial charge in [0.1, 0.15) is 0 Å². The molecule has 0 radical (unpaired) electrons. The van der Waals surface area contributed by atoms with Gasteiger partial charge in [-0.3, -0.25) is 0 Å². The minimum absolute atomic E-state index is 0.153. The highest BCUT2D eigenvalue weighted by Crippen LogP contribution is 2.58. The second-order valence-electron chi connectivity index (χ2n) is 11.5. The zero-order valence-corrected chi connectivity index (χ0v) is 22.7. The van der Waals surface area contributed by atoms with Crippen LogP contribution in [-0.2, 0) is 4.66 Å². The van der Waals surface area contributed by atoms with Crippen molar-refractivity contribution in [2.24, 2.45) is 0 Å². The molecule has 166 valence electrons. The second kappa shape index (κ2) is 7.68. The van der Waals surface area contributed by atoms with Crippen molar-refractivity contribution in [3.8, 4) is 33.4 Å². The van der Waals surface area contributed by atoms with Crippen LogP contribution in [0.25, 0.3) is 33.4 Å². The van der Waals surface area contributed by atoms with Gasteiger partial charge < -0.3 is 0 Å². The Morgan fingerprint density at radius 1 is 0.424 bits per heavy atom. The Labute approximate surface area is 201 Å². The Bertz CT molecular complexity index is 1200. The third-order valence-electron chi connectivity index (χ3n) is 7.60. The van der Waals surface area contributed by atoms with Crippen LogP contribution in [0.2, 0.25) is 39.3 Å². The lowest BCUT2D eigenvalue weighted by atomic mass is 9.98. The van der Waals surface area contributed by atoms with Crippen molar-refractivity contribution in [3.63, 3.8) is 0 Å². The molecule has 0 nitrogen and oxygen atoms in total. The Morgan fingerprint density at radius 2 is 0.788 bits per heavy atom. The van der Waals surface area contributed by atoms with E-state index >= 15 is 0 Å². The molecule has 0 saturated heterocycles. The van der Waals surface area contributed by atoms with E-state index in [9.17, 15) is 0 Å². The summed E-state index contributed by atoms with van der Waals surface area (Å²) in [5, 5.41) is 0. The van der Waals surface area contributed by atoms with Gasteiger partial charge in [0.15, 0.2) is 0 Å². The standard InChI is InChI=1S/C31H34Si2/c1-32(2,3)31(33(4,5)6)29-21-25(23-13-9-7-10-14-23)17-19-27(29)28-20-18-26(22-30(28)31)24-15-11-8-12-16-24/h7-22H,1-6H3. The van der Waals surface area contributed by atoms with Crippen molar-refractivity contribution in [2.45, 2.75) is 43.9 Å². The molecule has 2 heteroatoms. The molecule has 0 aliphatic heterocycles. The molecule has 1 aliphatic rings. The van der Waals surface area contributed by atoms with Crippen LogP contribution in [0.4, 0.5) is 0 Å². The molecular formula is C31H34Si2. The lowest BCUT2D eigenvalue weighted by Gasteiger charge is -2.51. The molecule has 0 fully saturated rings. The topological polar surface area (TPSA) is 0 Å². The molecule has 0 atom stereocenters. The third kappa shape index (κ3) is 3.31. The predicted octanol–water partition coefficient (Wildman–Crippen LogP) is 9.04. The van der Waals surface area contributed by atoms with E-state index in [1.165, 1.54) is 33.4 Å². The number of benzene rings is 4. The lowest BCUT2D eigenvalue weighted by molar-refractivity contribution is 0.953. The molecule has 5 rings (SSSR count). The van der Waals surface area contributed by atoms with Crippen LogP contribution in [0.15, 0.2) is 97.1 Å². The Balaban J connectivity index is 1.84. The number of hydrogen-bond donors (Lipinski definition) is 0. The van der Waals surface area contributed by atoms with Gasteiger partial charge in [-0.25, -0.2) is 0 Å². The fourth-order valence-corrected chi connectivity index (χ4v) is 19.7. The van der Waals surface area contributed by atoms with Gasteiger partial charge in [-0.1, -0.05) is 136 Å².